The van der Waals surface area contributed by atoms with Crippen molar-refractivity contribution in [1.82, 2.24) is 9.88 Å². The first-order valence-electron chi connectivity index (χ1n) is 9.36. The van der Waals surface area contributed by atoms with Crippen molar-refractivity contribution in [3.05, 3.63) is 42.0 Å². The van der Waals surface area contributed by atoms with Gasteiger partial charge in [-0.1, -0.05) is 23.5 Å². The van der Waals surface area contributed by atoms with Crippen molar-refractivity contribution < 1.29 is 19.0 Å². The van der Waals surface area contributed by atoms with Crippen LogP contribution in [-0.2, 0) is 0 Å². The molecule has 1 aliphatic heterocycles. The number of anilines is 1. The Morgan fingerprint density at radius 3 is 2.53 bits per heavy atom. The van der Waals surface area contributed by atoms with Gasteiger partial charge >= 0.3 is 0 Å². The van der Waals surface area contributed by atoms with Gasteiger partial charge in [0, 0.05) is 25.2 Å². The van der Waals surface area contributed by atoms with Gasteiger partial charge in [0.15, 0.2) is 16.6 Å². The summed E-state index contributed by atoms with van der Waals surface area (Å²) in [5.41, 5.74) is 1.30. The van der Waals surface area contributed by atoms with Crippen molar-refractivity contribution in [1.29, 1.82) is 0 Å². The standard InChI is InChI=1S/C21H23N3O4S.ClH/c1-23(2)8-9-24(20(25)14-6-4-5-7-16(14)26-3)21-22-15-12-17-18(13-19(15)29-21)28-11-10-27-17;/h4-7,12-13H,8-11H2,1-3H3;1H. The van der Waals surface area contributed by atoms with Crippen LogP contribution < -0.4 is 19.1 Å². The van der Waals surface area contributed by atoms with Crippen LogP contribution in [0.25, 0.3) is 10.2 Å². The number of para-hydroxylation sites is 1. The lowest BCUT2D eigenvalue weighted by Crippen LogP contribution is -2.36. The molecule has 7 nitrogen and oxygen atoms in total. The highest BCUT2D eigenvalue weighted by atomic mass is 35.5. The predicted octanol–water partition coefficient (Wildman–Crippen LogP) is 3.71. The number of nitrogens with zero attached hydrogens (tertiary/aromatic N) is 3. The van der Waals surface area contributed by atoms with Gasteiger partial charge in [-0.2, -0.15) is 0 Å². The minimum Gasteiger partial charge on any atom is -0.496 e. The number of halogens is 1. The van der Waals surface area contributed by atoms with E-state index in [0.29, 0.717) is 48.5 Å². The number of methoxy groups -OCH3 is 1. The van der Waals surface area contributed by atoms with Crippen molar-refractivity contribution in [3.63, 3.8) is 0 Å². The Hall–Kier alpha value is -2.55. The topological polar surface area (TPSA) is 64.1 Å². The number of hydrogen-bond donors (Lipinski definition) is 0. The second kappa shape index (κ2) is 9.51. The number of rotatable bonds is 6. The van der Waals surface area contributed by atoms with E-state index in [9.17, 15) is 4.79 Å². The third kappa shape index (κ3) is 4.45. The van der Waals surface area contributed by atoms with E-state index in [1.54, 1.807) is 24.1 Å². The summed E-state index contributed by atoms with van der Waals surface area (Å²) in [4.78, 5) is 21.9. The Labute approximate surface area is 185 Å². The second-order valence-corrected chi connectivity index (χ2v) is 7.93. The molecule has 0 radical (unpaired) electrons. The first kappa shape index (κ1) is 22.1. The van der Waals surface area contributed by atoms with Gasteiger partial charge < -0.3 is 19.1 Å². The summed E-state index contributed by atoms with van der Waals surface area (Å²) in [5, 5.41) is 0.639. The summed E-state index contributed by atoms with van der Waals surface area (Å²) in [6, 6.07) is 11.1. The molecule has 3 aromatic rings. The zero-order valence-electron chi connectivity index (χ0n) is 17.1. The van der Waals surface area contributed by atoms with E-state index >= 15 is 0 Å². The van der Waals surface area contributed by atoms with E-state index in [-0.39, 0.29) is 18.3 Å². The van der Waals surface area contributed by atoms with Crippen LogP contribution in [-0.4, -0.2) is 63.3 Å². The molecule has 1 aliphatic rings. The maximum absolute atomic E-state index is 13.4. The molecule has 0 N–H and O–H groups in total. The van der Waals surface area contributed by atoms with Crippen molar-refractivity contribution in [2.75, 3.05) is 52.4 Å². The molecule has 0 fully saturated rings. The highest BCUT2D eigenvalue weighted by molar-refractivity contribution is 7.22. The molecule has 4 rings (SSSR count). The van der Waals surface area contributed by atoms with Gasteiger partial charge in [0.05, 0.1) is 22.9 Å². The number of likely N-dealkylation sites (N-methyl/N-ethyl adjacent to an activating group) is 1. The molecule has 0 unspecified atom stereocenters. The van der Waals surface area contributed by atoms with Crippen LogP contribution in [0, 0.1) is 0 Å². The molecule has 0 spiro atoms. The van der Waals surface area contributed by atoms with E-state index in [1.807, 2.05) is 43.3 Å². The Morgan fingerprint density at radius 2 is 1.83 bits per heavy atom. The SMILES string of the molecule is COc1ccccc1C(=O)N(CCN(C)C)c1nc2cc3c(cc2s1)OCCO3.Cl. The van der Waals surface area contributed by atoms with Gasteiger partial charge in [-0.3, -0.25) is 9.69 Å². The molecular formula is C21H24ClN3O4S. The first-order chi connectivity index (χ1) is 14.1. The number of thiazole rings is 1. The molecule has 2 heterocycles. The average molecular weight is 450 g/mol. The Kier molecular flexibility index (Phi) is 7.02. The Morgan fingerprint density at radius 1 is 1.13 bits per heavy atom. The molecule has 0 saturated heterocycles. The van der Waals surface area contributed by atoms with Crippen molar-refractivity contribution in [2.45, 2.75) is 0 Å². The quantitative estimate of drug-likeness (QED) is 0.571. The normalized spacial score (nSPS) is 12.5. The van der Waals surface area contributed by atoms with E-state index in [1.165, 1.54) is 11.3 Å². The number of benzene rings is 2. The number of fused-ring (bicyclic) bond motifs is 2. The fourth-order valence-electron chi connectivity index (χ4n) is 3.12. The van der Waals surface area contributed by atoms with Gasteiger partial charge in [0.1, 0.15) is 19.0 Å². The summed E-state index contributed by atoms with van der Waals surface area (Å²) in [5.74, 6) is 1.82. The summed E-state index contributed by atoms with van der Waals surface area (Å²) >= 11 is 1.47. The van der Waals surface area contributed by atoms with Gasteiger partial charge in [-0.25, -0.2) is 4.98 Å². The summed E-state index contributed by atoms with van der Waals surface area (Å²) in [6.07, 6.45) is 0. The molecule has 2 aromatic carbocycles. The lowest BCUT2D eigenvalue weighted by atomic mass is 10.1. The van der Waals surface area contributed by atoms with Crippen molar-refractivity contribution >= 4 is 45.0 Å². The molecular weight excluding hydrogens is 426 g/mol. The molecule has 9 heteroatoms. The lowest BCUT2D eigenvalue weighted by Gasteiger charge is -2.22. The van der Waals surface area contributed by atoms with E-state index in [2.05, 4.69) is 0 Å². The van der Waals surface area contributed by atoms with Crippen LogP contribution >= 0.6 is 23.7 Å². The Bertz CT molecular complexity index is 997. The van der Waals surface area contributed by atoms with E-state index < -0.39 is 0 Å². The van der Waals surface area contributed by atoms with Crippen molar-refractivity contribution in [3.8, 4) is 17.2 Å². The van der Waals surface area contributed by atoms with Gasteiger partial charge in [0.2, 0.25) is 0 Å². The monoisotopic (exact) mass is 449 g/mol. The molecule has 1 amide bonds. The van der Waals surface area contributed by atoms with E-state index in [0.717, 1.165) is 16.0 Å². The summed E-state index contributed by atoms with van der Waals surface area (Å²) in [7, 11) is 5.53. The number of amides is 1. The smallest absolute Gasteiger partial charge is 0.263 e. The molecule has 30 heavy (non-hydrogen) atoms. The van der Waals surface area contributed by atoms with Crippen LogP contribution in [0.1, 0.15) is 10.4 Å². The maximum atomic E-state index is 13.4. The van der Waals surface area contributed by atoms with E-state index in [4.69, 9.17) is 19.2 Å². The summed E-state index contributed by atoms with van der Waals surface area (Å²) < 4.78 is 17.7. The van der Waals surface area contributed by atoms with Crippen molar-refractivity contribution in [2.24, 2.45) is 0 Å². The van der Waals surface area contributed by atoms with Crippen LogP contribution in [0.2, 0.25) is 0 Å². The van der Waals surface area contributed by atoms with Gasteiger partial charge in [-0.05, 0) is 26.2 Å². The van der Waals surface area contributed by atoms with Crippen LogP contribution in [0.15, 0.2) is 36.4 Å². The maximum Gasteiger partial charge on any atom is 0.263 e. The number of hydrogen-bond acceptors (Lipinski definition) is 7. The largest absolute Gasteiger partial charge is 0.496 e. The van der Waals surface area contributed by atoms with Crippen LogP contribution in [0.5, 0.6) is 17.2 Å². The fourth-order valence-corrected chi connectivity index (χ4v) is 4.12. The fraction of sp³-hybridized carbons (Fsp3) is 0.333. The predicted molar refractivity (Wildman–Crippen MR) is 121 cm³/mol. The number of aromatic nitrogens is 1. The van der Waals surface area contributed by atoms with Crippen LogP contribution in [0.4, 0.5) is 5.13 Å². The molecule has 0 atom stereocenters. The molecule has 0 aliphatic carbocycles. The molecule has 0 bridgehead atoms. The zero-order chi connectivity index (χ0) is 20.4. The zero-order valence-corrected chi connectivity index (χ0v) is 18.7. The molecule has 1 aromatic heterocycles. The lowest BCUT2D eigenvalue weighted by molar-refractivity contribution is 0.0982. The third-order valence-corrected chi connectivity index (χ3v) is 5.67. The molecule has 0 saturated carbocycles. The number of carbonyl (C=O) groups is 1. The number of ether oxygens (including phenoxy) is 3. The first-order valence-corrected chi connectivity index (χ1v) is 10.2. The van der Waals surface area contributed by atoms with Crippen LogP contribution in [0.3, 0.4) is 0 Å². The average Bonchev–Trinajstić information content (AvgIpc) is 3.14. The highest BCUT2D eigenvalue weighted by Crippen LogP contribution is 2.39. The molecule has 160 valence electrons. The number of carbonyl (C=O) groups excluding carboxylic acids is 1. The second-order valence-electron chi connectivity index (χ2n) is 6.92. The van der Waals surface area contributed by atoms with Gasteiger partial charge in [0.25, 0.3) is 5.91 Å². The van der Waals surface area contributed by atoms with Gasteiger partial charge in [-0.15, -0.1) is 12.4 Å². The minimum atomic E-state index is -0.138. The third-order valence-electron chi connectivity index (χ3n) is 4.63. The summed E-state index contributed by atoms with van der Waals surface area (Å²) in [6.45, 7) is 2.28. The Balaban J connectivity index is 0.00000256. The minimum absolute atomic E-state index is 0. The highest BCUT2D eigenvalue weighted by Gasteiger charge is 2.25.